The number of carbonyl (C=O) groups is 1. The number of amides is 1. The lowest BCUT2D eigenvalue weighted by molar-refractivity contribution is -0.130. The van der Waals surface area contributed by atoms with E-state index in [0.29, 0.717) is 12.3 Å². The summed E-state index contributed by atoms with van der Waals surface area (Å²) in [6.07, 6.45) is 6.55. The molecular weight excluding hydrogens is 178 g/mol. The van der Waals surface area contributed by atoms with E-state index in [9.17, 15) is 4.79 Å². The van der Waals surface area contributed by atoms with E-state index in [1.807, 2.05) is 0 Å². The normalized spacial score (nSPS) is 20.5. The molecule has 0 aromatic carbocycles. The molecule has 1 aliphatic carbocycles. The van der Waals surface area contributed by atoms with Gasteiger partial charge in [-0.2, -0.15) is 0 Å². The summed E-state index contributed by atoms with van der Waals surface area (Å²) >= 11 is 0. The van der Waals surface area contributed by atoms with E-state index in [1.165, 1.54) is 32.1 Å². The van der Waals surface area contributed by atoms with Gasteiger partial charge in [0.15, 0.2) is 0 Å². The molecule has 0 saturated heterocycles. The highest BCUT2D eigenvalue weighted by Gasteiger charge is 2.23. The number of rotatable bonds is 3. The highest BCUT2D eigenvalue weighted by atomic mass is 16.2. The zero-order chi connectivity index (χ0) is 10.6. The maximum atomic E-state index is 11.3. The van der Waals surface area contributed by atoms with Crippen LogP contribution in [0.3, 0.4) is 0 Å². The molecule has 1 aliphatic rings. The van der Waals surface area contributed by atoms with Crippen LogP contribution in [-0.2, 0) is 4.79 Å². The van der Waals surface area contributed by atoms with Gasteiger partial charge in [-0.15, -0.1) is 0 Å². The molecule has 82 valence electrons. The minimum absolute atomic E-state index is 0.00574. The van der Waals surface area contributed by atoms with Crippen molar-refractivity contribution in [1.29, 1.82) is 0 Å². The SMILES string of the molecule is CN(N)C(=O)CC(N)C1CCCCC1. The third kappa shape index (κ3) is 3.27. The lowest BCUT2D eigenvalue weighted by Gasteiger charge is -2.27. The Morgan fingerprint density at radius 1 is 1.43 bits per heavy atom. The van der Waals surface area contributed by atoms with E-state index >= 15 is 0 Å². The lowest BCUT2D eigenvalue weighted by Crippen LogP contribution is -2.40. The number of hydrogen-bond acceptors (Lipinski definition) is 3. The number of nitrogens with zero attached hydrogens (tertiary/aromatic N) is 1. The van der Waals surface area contributed by atoms with E-state index in [-0.39, 0.29) is 11.9 Å². The van der Waals surface area contributed by atoms with E-state index in [0.717, 1.165) is 5.01 Å². The Labute approximate surface area is 85.6 Å². The summed E-state index contributed by atoms with van der Waals surface area (Å²) < 4.78 is 0. The first-order valence-electron chi connectivity index (χ1n) is 5.38. The Morgan fingerprint density at radius 3 is 2.50 bits per heavy atom. The molecule has 4 heteroatoms. The van der Waals surface area contributed by atoms with E-state index in [1.54, 1.807) is 7.05 Å². The molecule has 0 aromatic heterocycles. The third-order valence-corrected chi connectivity index (χ3v) is 3.06. The summed E-state index contributed by atoms with van der Waals surface area (Å²) in [5.74, 6) is 5.80. The summed E-state index contributed by atoms with van der Waals surface area (Å²) in [6.45, 7) is 0. The van der Waals surface area contributed by atoms with Crippen molar-refractivity contribution in [3.05, 3.63) is 0 Å². The Bertz CT molecular complexity index is 188. The Hall–Kier alpha value is -0.610. The average Bonchev–Trinajstić information content (AvgIpc) is 2.19. The van der Waals surface area contributed by atoms with Gasteiger partial charge in [0.25, 0.3) is 0 Å². The van der Waals surface area contributed by atoms with Crippen molar-refractivity contribution in [3.8, 4) is 0 Å². The summed E-state index contributed by atoms with van der Waals surface area (Å²) in [4.78, 5) is 11.3. The van der Waals surface area contributed by atoms with Crippen molar-refractivity contribution in [1.82, 2.24) is 5.01 Å². The van der Waals surface area contributed by atoms with Crippen LogP contribution < -0.4 is 11.6 Å². The minimum Gasteiger partial charge on any atom is -0.327 e. The Kier molecular flexibility index (Phi) is 4.35. The Morgan fingerprint density at radius 2 is 2.00 bits per heavy atom. The van der Waals surface area contributed by atoms with Crippen molar-refractivity contribution < 1.29 is 4.79 Å². The van der Waals surface area contributed by atoms with Crippen molar-refractivity contribution in [2.45, 2.75) is 44.6 Å². The second-order valence-corrected chi connectivity index (χ2v) is 4.27. The van der Waals surface area contributed by atoms with Gasteiger partial charge in [0.1, 0.15) is 0 Å². The van der Waals surface area contributed by atoms with Crippen LogP contribution in [0.1, 0.15) is 38.5 Å². The summed E-state index contributed by atoms with van der Waals surface area (Å²) in [5, 5.41) is 1.13. The van der Waals surface area contributed by atoms with Gasteiger partial charge in [-0.25, -0.2) is 5.84 Å². The topological polar surface area (TPSA) is 72.3 Å². The van der Waals surface area contributed by atoms with Gasteiger partial charge in [0.05, 0.1) is 0 Å². The molecule has 4 N–H and O–H groups in total. The molecule has 1 atom stereocenters. The smallest absolute Gasteiger partial charge is 0.237 e. The van der Waals surface area contributed by atoms with Gasteiger partial charge in [-0.05, 0) is 18.8 Å². The van der Waals surface area contributed by atoms with Crippen molar-refractivity contribution in [2.24, 2.45) is 17.5 Å². The number of carbonyl (C=O) groups excluding carboxylic acids is 1. The van der Waals surface area contributed by atoms with Crippen LogP contribution in [0.5, 0.6) is 0 Å². The van der Waals surface area contributed by atoms with E-state index < -0.39 is 0 Å². The largest absolute Gasteiger partial charge is 0.327 e. The molecule has 1 saturated carbocycles. The first-order chi connectivity index (χ1) is 6.61. The fraction of sp³-hybridized carbons (Fsp3) is 0.900. The second-order valence-electron chi connectivity index (χ2n) is 4.27. The van der Waals surface area contributed by atoms with Crippen LogP contribution >= 0.6 is 0 Å². The van der Waals surface area contributed by atoms with Crippen LogP contribution in [0.15, 0.2) is 0 Å². The average molecular weight is 199 g/mol. The van der Waals surface area contributed by atoms with E-state index in [4.69, 9.17) is 11.6 Å². The highest BCUT2D eigenvalue weighted by molar-refractivity contribution is 5.75. The molecule has 0 spiro atoms. The first kappa shape index (κ1) is 11.5. The molecule has 14 heavy (non-hydrogen) atoms. The van der Waals surface area contributed by atoms with Gasteiger partial charge >= 0.3 is 0 Å². The molecular formula is C10H21N3O. The van der Waals surface area contributed by atoms with E-state index in [2.05, 4.69) is 0 Å². The summed E-state index contributed by atoms with van der Waals surface area (Å²) in [6, 6.07) is -0.00574. The zero-order valence-electron chi connectivity index (χ0n) is 8.91. The zero-order valence-corrected chi connectivity index (χ0v) is 8.91. The number of hydrogen-bond donors (Lipinski definition) is 2. The molecule has 0 aliphatic heterocycles. The first-order valence-corrected chi connectivity index (χ1v) is 5.38. The predicted molar refractivity (Wildman–Crippen MR) is 56.1 cm³/mol. The third-order valence-electron chi connectivity index (χ3n) is 3.06. The van der Waals surface area contributed by atoms with Crippen LogP contribution in [0.4, 0.5) is 0 Å². The Balaban J connectivity index is 2.32. The maximum Gasteiger partial charge on any atom is 0.237 e. The van der Waals surface area contributed by atoms with Crippen molar-refractivity contribution >= 4 is 5.91 Å². The molecule has 0 aromatic rings. The van der Waals surface area contributed by atoms with Crippen molar-refractivity contribution in [3.63, 3.8) is 0 Å². The molecule has 1 amide bonds. The van der Waals surface area contributed by atoms with Crippen molar-refractivity contribution in [2.75, 3.05) is 7.05 Å². The highest BCUT2D eigenvalue weighted by Crippen LogP contribution is 2.26. The second kappa shape index (κ2) is 5.32. The van der Waals surface area contributed by atoms with Crippen LogP contribution in [0, 0.1) is 5.92 Å². The lowest BCUT2D eigenvalue weighted by atomic mass is 9.83. The fourth-order valence-electron chi connectivity index (χ4n) is 2.07. The molecule has 1 unspecified atom stereocenters. The molecule has 0 bridgehead atoms. The minimum atomic E-state index is -0.0666. The molecule has 1 fully saturated rings. The molecule has 4 nitrogen and oxygen atoms in total. The van der Waals surface area contributed by atoms with Gasteiger partial charge in [-0.3, -0.25) is 9.80 Å². The van der Waals surface area contributed by atoms with Gasteiger partial charge in [0, 0.05) is 19.5 Å². The fourth-order valence-corrected chi connectivity index (χ4v) is 2.07. The maximum absolute atomic E-state index is 11.3. The number of nitrogens with two attached hydrogens (primary N) is 2. The predicted octanol–water partition coefficient (Wildman–Crippen LogP) is 0.616. The van der Waals surface area contributed by atoms with Gasteiger partial charge in [-0.1, -0.05) is 19.3 Å². The van der Waals surface area contributed by atoms with Crippen LogP contribution in [0.2, 0.25) is 0 Å². The quantitative estimate of drug-likeness (QED) is 0.397. The molecule has 1 rings (SSSR count). The molecule has 0 radical (unpaired) electrons. The summed E-state index contributed by atoms with van der Waals surface area (Å²) in [5.41, 5.74) is 5.98. The number of hydrazine groups is 1. The monoisotopic (exact) mass is 199 g/mol. The van der Waals surface area contributed by atoms with Gasteiger partial charge < -0.3 is 5.73 Å². The summed E-state index contributed by atoms with van der Waals surface area (Å²) in [7, 11) is 1.57. The van der Waals surface area contributed by atoms with Crippen LogP contribution in [0.25, 0.3) is 0 Å². The molecule has 0 heterocycles. The standard InChI is InChI=1S/C10H21N3O/c1-13(12)10(14)7-9(11)8-5-3-2-4-6-8/h8-9H,2-7,11-12H2,1H3. The van der Waals surface area contributed by atoms with Crippen LogP contribution in [-0.4, -0.2) is 24.0 Å². The van der Waals surface area contributed by atoms with Gasteiger partial charge in [0.2, 0.25) is 5.91 Å².